The zero-order chi connectivity index (χ0) is 14.4. The van der Waals surface area contributed by atoms with E-state index in [2.05, 4.69) is 42.2 Å². The zero-order valence-electron chi connectivity index (χ0n) is 13.2. The maximum Gasteiger partial charge on any atom is 0.151 e. The van der Waals surface area contributed by atoms with Crippen molar-refractivity contribution in [3.05, 3.63) is 17.5 Å². The first-order valence-corrected chi connectivity index (χ1v) is 7.96. The highest BCUT2D eigenvalue weighted by molar-refractivity contribution is 5.05. The smallest absolute Gasteiger partial charge is 0.151 e. The zero-order valence-corrected chi connectivity index (χ0v) is 13.2. The van der Waals surface area contributed by atoms with Gasteiger partial charge < -0.3 is 9.84 Å². The van der Waals surface area contributed by atoms with Crippen LogP contribution in [0.25, 0.3) is 0 Å². The predicted molar refractivity (Wildman–Crippen MR) is 81.4 cm³/mol. The van der Waals surface area contributed by atoms with E-state index in [-0.39, 0.29) is 0 Å². The Morgan fingerprint density at radius 3 is 3.00 bits per heavy atom. The minimum atomic E-state index is 0.491. The summed E-state index contributed by atoms with van der Waals surface area (Å²) in [5.74, 6) is 0.998. The molecule has 20 heavy (non-hydrogen) atoms. The molecule has 114 valence electrons. The molecule has 4 heteroatoms. The Balaban J connectivity index is 1.81. The van der Waals surface area contributed by atoms with Crippen molar-refractivity contribution in [3.8, 4) is 0 Å². The van der Waals surface area contributed by atoms with Gasteiger partial charge in [0.25, 0.3) is 0 Å². The summed E-state index contributed by atoms with van der Waals surface area (Å²) in [6.45, 7) is 12.0. The highest BCUT2D eigenvalue weighted by Crippen LogP contribution is 2.30. The summed E-state index contributed by atoms with van der Waals surface area (Å²) >= 11 is 0. The SMILES string of the molecule is CCCNCc1cc(CN2CCCC(C)(C)CC2)on1. The molecule has 2 heterocycles. The summed E-state index contributed by atoms with van der Waals surface area (Å²) < 4.78 is 5.46. The van der Waals surface area contributed by atoms with E-state index >= 15 is 0 Å². The second-order valence-corrected chi connectivity index (χ2v) is 6.76. The molecule has 0 amide bonds. The molecule has 0 unspecified atom stereocenters. The van der Waals surface area contributed by atoms with E-state index in [9.17, 15) is 0 Å². The van der Waals surface area contributed by atoms with Crippen molar-refractivity contribution in [2.45, 2.75) is 59.5 Å². The summed E-state index contributed by atoms with van der Waals surface area (Å²) in [4.78, 5) is 2.50. The molecule has 2 rings (SSSR count). The van der Waals surface area contributed by atoms with Crippen molar-refractivity contribution < 1.29 is 4.52 Å². The largest absolute Gasteiger partial charge is 0.360 e. The van der Waals surface area contributed by atoms with Gasteiger partial charge in [-0.3, -0.25) is 4.90 Å². The van der Waals surface area contributed by atoms with Gasteiger partial charge >= 0.3 is 0 Å². The van der Waals surface area contributed by atoms with Crippen LogP contribution in [0.5, 0.6) is 0 Å². The lowest BCUT2D eigenvalue weighted by Crippen LogP contribution is -2.24. The molecular weight excluding hydrogens is 250 g/mol. The van der Waals surface area contributed by atoms with Gasteiger partial charge in [-0.15, -0.1) is 0 Å². The van der Waals surface area contributed by atoms with Gasteiger partial charge in [-0.1, -0.05) is 25.9 Å². The summed E-state index contributed by atoms with van der Waals surface area (Å²) in [7, 11) is 0. The summed E-state index contributed by atoms with van der Waals surface area (Å²) in [6, 6.07) is 2.10. The van der Waals surface area contributed by atoms with E-state index in [1.807, 2.05) is 0 Å². The molecule has 0 radical (unpaired) electrons. The van der Waals surface area contributed by atoms with Gasteiger partial charge in [-0.2, -0.15) is 0 Å². The van der Waals surface area contributed by atoms with Crippen LogP contribution in [0.1, 0.15) is 57.9 Å². The molecule has 1 aromatic heterocycles. The molecule has 0 saturated carbocycles. The molecule has 0 aliphatic carbocycles. The second-order valence-electron chi connectivity index (χ2n) is 6.76. The van der Waals surface area contributed by atoms with E-state index in [1.54, 1.807) is 0 Å². The third-order valence-corrected chi connectivity index (χ3v) is 4.15. The normalized spacial score (nSPS) is 19.9. The highest BCUT2D eigenvalue weighted by Gasteiger charge is 2.23. The van der Waals surface area contributed by atoms with Crippen LogP contribution in [0, 0.1) is 5.41 Å². The first-order valence-electron chi connectivity index (χ1n) is 7.96. The van der Waals surface area contributed by atoms with E-state index in [1.165, 1.54) is 25.8 Å². The lowest BCUT2D eigenvalue weighted by Gasteiger charge is -2.22. The Bertz CT molecular complexity index is 400. The molecule has 1 aromatic rings. The fourth-order valence-electron chi connectivity index (χ4n) is 2.76. The molecule has 0 atom stereocenters. The van der Waals surface area contributed by atoms with Gasteiger partial charge in [0.15, 0.2) is 5.76 Å². The quantitative estimate of drug-likeness (QED) is 0.812. The van der Waals surface area contributed by atoms with E-state index in [4.69, 9.17) is 4.52 Å². The Morgan fingerprint density at radius 1 is 1.35 bits per heavy atom. The number of aromatic nitrogens is 1. The number of likely N-dealkylation sites (tertiary alicyclic amines) is 1. The van der Waals surface area contributed by atoms with Crippen LogP contribution in [0.2, 0.25) is 0 Å². The maximum atomic E-state index is 5.46. The number of rotatable bonds is 6. The molecule has 1 N–H and O–H groups in total. The van der Waals surface area contributed by atoms with Crippen molar-refractivity contribution in [1.29, 1.82) is 0 Å². The molecule has 1 saturated heterocycles. The van der Waals surface area contributed by atoms with Crippen molar-refractivity contribution >= 4 is 0 Å². The monoisotopic (exact) mass is 279 g/mol. The third kappa shape index (κ3) is 4.91. The highest BCUT2D eigenvalue weighted by atomic mass is 16.5. The maximum absolute atomic E-state index is 5.46. The van der Waals surface area contributed by atoms with Crippen molar-refractivity contribution in [1.82, 2.24) is 15.4 Å². The van der Waals surface area contributed by atoms with Crippen LogP contribution in [0.4, 0.5) is 0 Å². The van der Waals surface area contributed by atoms with Crippen LogP contribution in [-0.4, -0.2) is 29.7 Å². The molecular formula is C16H29N3O. The van der Waals surface area contributed by atoms with E-state index in [0.29, 0.717) is 5.41 Å². The molecule has 0 aromatic carbocycles. The first kappa shape index (κ1) is 15.5. The standard InChI is InChI=1S/C16H29N3O/c1-4-8-17-12-14-11-15(20-18-14)13-19-9-5-6-16(2,3)7-10-19/h11,17H,4-10,12-13H2,1-3H3. The predicted octanol–water partition coefficient (Wildman–Crippen LogP) is 3.19. The summed E-state index contributed by atoms with van der Waals surface area (Å²) in [5.41, 5.74) is 1.51. The molecule has 1 aliphatic heterocycles. The van der Waals surface area contributed by atoms with Crippen LogP contribution in [0.3, 0.4) is 0 Å². The number of hydrogen-bond acceptors (Lipinski definition) is 4. The van der Waals surface area contributed by atoms with E-state index < -0.39 is 0 Å². The minimum absolute atomic E-state index is 0.491. The van der Waals surface area contributed by atoms with Crippen LogP contribution in [-0.2, 0) is 13.1 Å². The molecule has 1 fully saturated rings. The van der Waals surface area contributed by atoms with Gasteiger partial charge in [-0.05, 0) is 50.7 Å². The molecule has 0 spiro atoms. The minimum Gasteiger partial charge on any atom is -0.360 e. The third-order valence-electron chi connectivity index (χ3n) is 4.15. The number of nitrogens with zero attached hydrogens (tertiary/aromatic N) is 2. The number of hydrogen-bond donors (Lipinski definition) is 1. The van der Waals surface area contributed by atoms with Gasteiger partial charge in [0.05, 0.1) is 12.2 Å². The number of nitrogens with one attached hydrogen (secondary N) is 1. The van der Waals surface area contributed by atoms with Gasteiger partial charge in [0.1, 0.15) is 0 Å². The van der Waals surface area contributed by atoms with Gasteiger partial charge in [0, 0.05) is 12.6 Å². The molecule has 1 aliphatic rings. The lowest BCUT2D eigenvalue weighted by atomic mass is 9.85. The van der Waals surface area contributed by atoms with Gasteiger partial charge in [0.2, 0.25) is 0 Å². The van der Waals surface area contributed by atoms with Crippen LogP contribution >= 0.6 is 0 Å². The second kappa shape index (κ2) is 7.23. The fourth-order valence-corrected chi connectivity index (χ4v) is 2.76. The Kier molecular flexibility index (Phi) is 5.61. The first-order chi connectivity index (χ1) is 9.59. The lowest BCUT2D eigenvalue weighted by molar-refractivity contribution is 0.227. The van der Waals surface area contributed by atoms with Crippen molar-refractivity contribution in [3.63, 3.8) is 0 Å². The average Bonchev–Trinajstić information content (AvgIpc) is 2.76. The van der Waals surface area contributed by atoms with Crippen molar-refractivity contribution in [2.24, 2.45) is 5.41 Å². The van der Waals surface area contributed by atoms with Crippen LogP contribution < -0.4 is 5.32 Å². The average molecular weight is 279 g/mol. The topological polar surface area (TPSA) is 41.3 Å². The van der Waals surface area contributed by atoms with Gasteiger partial charge in [-0.25, -0.2) is 0 Å². The molecule has 4 nitrogen and oxygen atoms in total. The Labute approximate surface area is 122 Å². The summed E-state index contributed by atoms with van der Waals surface area (Å²) in [6.07, 6.45) is 5.03. The van der Waals surface area contributed by atoms with Crippen molar-refractivity contribution in [2.75, 3.05) is 19.6 Å². The molecule has 0 bridgehead atoms. The fraction of sp³-hybridized carbons (Fsp3) is 0.812. The van der Waals surface area contributed by atoms with Crippen LogP contribution in [0.15, 0.2) is 10.6 Å². The Morgan fingerprint density at radius 2 is 2.20 bits per heavy atom. The summed E-state index contributed by atoms with van der Waals surface area (Å²) in [5, 5.41) is 7.49. The Hall–Kier alpha value is -0.870. The van der Waals surface area contributed by atoms with E-state index in [0.717, 1.165) is 44.1 Å².